The number of halogens is 1. The van der Waals surface area contributed by atoms with Gasteiger partial charge >= 0.3 is 0 Å². The molecule has 0 N–H and O–H groups in total. The molecule has 0 radical (unpaired) electrons. The molecule has 1 amide bonds. The molecule has 1 unspecified atom stereocenters. The fourth-order valence-corrected chi connectivity index (χ4v) is 3.32. The van der Waals surface area contributed by atoms with Crippen LogP contribution in [0.25, 0.3) is 11.4 Å². The van der Waals surface area contributed by atoms with E-state index in [0.717, 1.165) is 18.4 Å². The minimum Gasteiger partial charge on any atom is -0.367 e. The van der Waals surface area contributed by atoms with Gasteiger partial charge in [0.15, 0.2) is 0 Å². The third kappa shape index (κ3) is 4.09. The molecule has 1 aliphatic heterocycles. The van der Waals surface area contributed by atoms with E-state index in [9.17, 15) is 9.18 Å². The van der Waals surface area contributed by atoms with Gasteiger partial charge in [0.1, 0.15) is 18.5 Å². The fourth-order valence-electron chi connectivity index (χ4n) is 3.32. The van der Waals surface area contributed by atoms with Gasteiger partial charge in [-0.2, -0.15) is 4.98 Å². The first-order valence-corrected chi connectivity index (χ1v) is 9.21. The van der Waals surface area contributed by atoms with Crippen molar-refractivity contribution in [1.29, 1.82) is 0 Å². The maximum Gasteiger partial charge on any atom is 0.249 e. The zero-order chi connectivity index (χ0) is 19.3. The molecule has 1 aliphatic rings. The minimum absolute atomic E-state index is 0.00432. The first-order valence-electron chi connectivity index (χ1n) is 9.21. The van der Waals surface area contributed by atoms with Crippen LogP contribution in [-0.2, 0) is 16.1 Å². The van der Waals surface area contributed by atoms with E-state index in [0.29, 0.717) is 30.4 Å². The molecule has 4 rings (SSSR count). The molecule has 1 saturated heterocycles. The number of carbonyl (C=O) groups is 1. The molecule has 28 heavy (non-hydrogen) atoms. The lowest BCUT2D eigenvalue weighted by Crippen LogP contribution is -2.33. The van der Waals surface area contributed by atoms with Crippen molar-refractivity contribution < 1.29 is 18.4 Å². The van der Waals surface area contributed by atoms with Crippen LogP contribution in [0.5, 0.6) is 0 Å². The number of ether oxygens (including phenoxy) is 1. The van der Waals surface area contributed by atoms with E-state index in [2.05, 4.69) is 10.1 Å². The average molecular weight is 381 g/mol. The summed E-state index contributed by atoms with van der Waals surface area (Å²) in [6, 6.07) is 15.4. The van der Waals surface area contributed by atoms with Crippen LogP contribution >= 0.6 is 0 Å². The molecule has 0 spiro atoms. The zero-order valence-electron chi connectivity index (χ0n) is 15.3. The summed E-state index contributed by atoms with van der Waals surface area (Å²) in [4.78, 5) is 18.7. The van der Waals surface area contributed by atoms with E-state index < -0.39 is 0 Å². The predicted octanol–water partition coefficient (Wildman–Crippen LogP) is 3.76. The molecule has 1 atom stereocenters. The van der Waals surface area contributed by atoms with E-state index in [1.165, 1.54) is 12.1 Å². The van der Waals surface area contributed by atoms with Crippen LogP contribution in [0.3, 0.4) is 0 Å². The van der Waals surface area contributed by atoms with Crippen LogP contribution in [0, 0.1) is 5.82 Å². The van der Waals surface area contributed by atoms with Crippen LogP contribution in [0.1, 0.15) is 30.3 Å². The standard InChI is InChI=1S/C21H20FN3O3/c22-17-10-8-16(9-11-17)20-23-21(28-24-20)18-7-4-12-25(18)19(26)14-27-13-15-5-2-1-3-6-15/h1-3,5-6,8-11,18H,4,7,12-14H2. The highest BCUT2D eigenvalue weighted by Gasteiger charge is 2.34. The van der Waals surface area contributed by atoms with Gasteiger partial charge in [0.05, 0.1) is 6.61 Å². The van der Waals surface area contributed by atoms with E-state index in [4.69, 9.17) is 9.26 Å². The van der Waals surface area contributed by atoms with Crippen molar-refractivity contribution in [2.75, 3.05) is 13.2 Å². The van der Waals surface area contributed by atoms with E-state index in [-0.39, 0.29) is 24.4 Å². The van der Waals surface area contributed by atoms with Gasteiger partial charge < -0.3 is 14.2 Å². The molecule has 1 fully saturated rings. The highest BCUT2D eigenvalue weighted by Crippen LogP contribution is 2.32. The Balaban J connectivity index is 1.39. The minimum atomic E-state index is -0.324. The second kappa shape index (κ2) is 8.31. The Morgan fingerprint density at radius 2 is 1.96 bits per heavy atom. The van der Waals surface area contributed by atoms with Gasteiger partial charge in [-0.1, -0.05) is 35.5 Å². The van der Waals surface area contributed by atoms with Crippen molar-refractivity contribution >= 4 is 5.91 Å². The molecular weight excluding hydrogens is 361 g/mol. The molecule has 0 saturated carbocycles. The number of benzene rings is 2. The van der Waals surface area contributed by atoms with Crippen molar-refractivity contribution in [1.82, 2.24) is 15.0 Å². The normalized spacial score (nSPS) is 16.5. The average Bonchev–Trinajstić information content (AvgIpc) is 3.39. The van der Waals surface area contributed by atoms with Crippen LogP contribution < -0.4 is 0 Å². The number of aromatic nitrogens is 2. The highest BCUT2D eigenvalue weighted by molar-refractivity contribution is 5.78. The second-order valence-electron chi connectivity index (χ2n) is 6.69. The lowest BCUT2D eigenvalue weighted by atomic mass is 10.2. The molecule has 6 nitrogen and oxygen atoms in total. The molecule has 144 valence electrons. The summed E-state index contributed by atoms with van der Waals surface area (Å²) in [5.41, 5.74) is 1.69. The van der Waals surface area contributed by atoms with Crippen LogP contribution in [-0.4, -0.2) is 34.1 Å². The van der Waals surface area contributed by atoms with Gasteiger partial charge in [-0.25, -0.2) is 4.39 Å². The van der Waals surface area contributed by atoms with Crippen LogP contribution in [0.2, 0.25) is 0 Å². The highest BCUT2D eigenvalue weighted by atomic mass is 19.1. The number of amides is 1. The van der Waals surface area contributed by atoms with Crippen LogP contribution in [0.15, 0.2) is 59.1 Å². The topological polar surface area (TPSA) is 68.5 Å². The largest absolute Gasteiger partial charge is 0.367 e. The number of likely N-dealkylation sites (tertiary alicyclic amines) is 1. The summed E-state index contributed by atoms with van der Waals surface area (Å²) >= 11 is 0. The molecule has 3 aromatic rings. The summed E-state index contributed by atoms with van der Waals surface area (Å²) < 4.78 is 24.1. The Morgan fingerprint density at radius 3 is 2.75 bits per heavy atom. The molecule has 0 bridgehead atoms. The number of hydrogen-bond donors (Lipinski definition) is 0. The second-order valence-corrected chi connectivity index (χ2v) is 6.69. The van der Waals surface area contributed by atoms with E-state index in [1.807, 2.05) is 30.3 Å². The molecule has 0 aliphatic carbocycles. The Labute approximate surface area is 161 Å². The third-order valence-corrected chi connectivity index (χ3v) is 4.74. The van der Waals surface area contributed by atoms with Crippen molar-refractivity contribution in [2.24, 2.45) is 0 Å². The molecule has 1 aromatic heterocycles. The summed E-state index contributed by atoms with van der Waals surface area (Å²) in [6.45, 7) is 1.02. The lowest BCUT2D eigenvalue weighted by Gasteiger charge is -2.21. The van der Waals surface area contributed by atoms with Gasteiger partial charge in [0.25, 0.3) is 0 Å². The monoisotopic (exact) mass is 381 g/mol. The van der Waals surface area contributed by atoms with Gasteiger partial charge in [-0.05, 0) is 42.7 Å². The maximum atomic E-state index is 13.1. The Kier molecular flexibility index (Phi) is 5.43. The van der Waals surface area contributed by atoms with Crippen molar-refractivity contribution in [3.63, 3.8) is 0 Å². The quantitative estimate of drug-likeness (QED) is 0.650. The molecule has 2 aromatic carbocycles. The number of rotatable bonds is 6. The first kappa shape index (κ1) is 18.3. The van der Waals surface area contributed by atoms with Gasteiger partial charge in [-0.3, -0.25) is 4.79 Å². The van der Waals surface area contributed by atoms with Gasteiger partial charge in [-0.15, -0.1) is 0 Å². The molecule has 2 heterocycles. The van der Waals surface area contributed by atoms with E-state index >= 15 is 0 Å². The number of hydrogen-bond acceptors (Lipinski definition) is 5. The zero-order valence-corrected chi connectivity index (χ0v) is 15.3. The fraction of sp³-hybridized carbons (Fsp3) is 0.286. The Morgan fingerprint density at radius 1 is 1.18 bits per heavy atom. The van der Waals surface area contributed by atoms with Crippen molar-refractivity contribution in [2.45, 2.75) is 25.5 Å². The SMILES string of the molecule is O=C(COCc1ccccc1)N1CCCC1c1nc(-c2ccc(F)cc2)no1. The van der Waals surface area contributed by atoms with Crippen LogP contribution in [0.4, 0.5) is 4.39 Å². The number of nitrogens with zero attached hydrogens (tertiary/aromatic N) is 3. The van der Waals surface area contributed by atoms with E-state index in [1.54, 1.807) is 17.0 Å². The predicted molar refractivity (Wildman–Crippen MR) is 99.5 cm³/mol. The number of carbonyl (C=O) groups excluding carboxylic acids is 1. The van der Waals surface area contributed by atoms with Crippen molar-refractivity contribution in [3.05, 3.63) is 71.9 Å². The smallest absolute Gasteiger partial charge is 0.249 e. The summed E-state index contributed by atoms with van der Waals surface area (Å²) in [6.07, 6.45) is 1.62. The van der Waals surface area contributed by atoms with Gasteiger partial charge in [0, 0.05) is 12.1 Å². The summed E-state index contributed by atoms with van der Waals surface area (Å²) in [5.74, 6) is 0.360. The summed E-state index contributed by atoms with van der Waals surface area (Å²) in [5, 5.41) is 3.98. The Bertz CT molecular complexity index is 928. The maximum absolute atomic E-state index is 13.1. The third-order valence-electron chi connectivity index (χ3n) is 4.74. The molecular formula is C21H20FN3O3. The van der Waals surface area contributed by atoms with Gasteiger partial charge in [0.2, 0.25) is 17.6 Å². The summed E-state index contributed by atoms with van der Waals surface area (Å²) in [7, 11) is 0. The van der Waals surface area contributed by atoms with Crippen molar-refractivity contribution in [3.8, 4) is 11.4 Å². The molecule has 7 heteroatoms. The first-order chi connectivity index (χ1) is 13.7. The Hall–Kier alpha value is -3.06. The lowest BCUT2D eigenvalue weighted by molar-refractivity contribution is -0.138.